The minimum Gasteiger partial charge on any atom is -0.357 e. The SMILES string of the molecule is CCNC(=NCC(C)(C)SC)NCCc1cnn(-c2ccccc2)c1. The standard InChI is InChI=1S/C19H29N5S/c1-5-20-18(22-15-19(2,3)25-4)21-12-11-16-13-23-24(14-16)17-9-7-6-8-10-17/h6-10,13-14H,5,11-12,15H2,1-4H3,(H2,20,21,22). The number of guanidine groups is 1. The van der Waals surface area contributed by atoms with Gasteiger partial charge in [-0.1, -0.05) is 18.2 Å². The Hall–Kier alpha value is -1.95. The molecule has 0 radical (unpaired) electrons. The molecule has 2 N–H and O–H groups in total. The van der Waals surface area contributed by atoms with E-state index < -0.39 is 0 Å². The van der Waals surface area contributed by atoms with Gasteiger partial charge in [-0.3, -0.25) is 4.99 Å². The fourth-order valence-electron chi connectivity index (χ4n) is 2.21. The van der Waals surface area contributed by atoms with E-state index in [2.05, 4.69) is 61.1 Å². The van der Waals surface area contributed by atoms with Crippen LogP contribution in [0.5, 0.6) is 0 Å². The molecule has 0 unspecified atom stereocenters. The number of nitrogens with zero attached hydrogens (tertiary/aromatic N) is 3. The largest absolute Gasteiger partial charge is 0.357 e. The van der Waals surface area contributed by atoms with E-state index in [0.29, 0.717) is 0 Å². The second-order valence-electron chi connectivity index (χ2n) is 6.46. The van der Waals surface area contributed by atoms with Crippen LogP contribution in [-0.2, 0) is 6.42 Å². The molecule has 2 aromatic rings. The fraction of sp³-hybridized carbons (Fsp3) is 0.474. The summed E-state index contributed by atoms with van der Waals surface area (Å²) in [5, 5.41) is 11.2. The highest BCUT2D eigenvalue weighted by Crippen LogP contribution is 2.20. The van der Waals surface area contributed by atoms with Crippen molar-refractivity contribution in [3.05, 3.63) is 48.3 Å². The van der Waals surface area contributed by atoms with Crippen LogP contribution in [0.4, 0.5) is 0 Å². The smallest absolute Gasteiger partial charge is 0.191 e. The molecule has 0 aliphatic carbocycles. The lowest BCUT2D eigenvalue weighted by Gasteiger charge is -2.20. The van der Waals surface area contributed by atoms with Crippen LogP contribution in [0.3, 0.4) is 0 Å². The number of para-hydroxylation sites is 1. The summed E-state index contributed by atoms with van der Waals surface area (Å²) in [5.74, 6) is 0.875. The quantitative estimate of drug-likeness (QED) is 0.562. The first-order valence-electron chi connectivity index (χ1n) is 8.70. The average Bonchev–Trinajstić information content (AvgIpc) is 3.09. The van der Waals surface area contributed by atoms with E-state index in [1.807, 2.05) is 40.8 Å². The number of thioether (sulfide) groups is 1. The van der Waals surface area contributed by atoms with Gasteiger partial charge in [0, 0.05) is 24.0 Å². The van der Waals surface area contributed by atoms with Crippen molar-refractivity contribution in [1.29, 1.82) is 0 Å². The van der Waals surface area contributed by atoms with Gasteiger partial charge in [0.1, 0.15) is 0 Å². The highest BCUT2D eigenvalue weighted by atomic mass is 32.2. The molecule has 0 saturated carbocycles. The molecule has 0 aliphatic heterocycles. The number of aromatic nitrogens is 2. The number of benzene rings is 1. The third-order valence-electron chi connectivity index (χ3n) is 3.88. The molecule has 0 atom stereocenters. The normalized spacial score (nSPS) is 12.2. The molecular formula is C19H29N5S. The van der Waals surface area contributed by atoms with Crippen LogP contribution >= 0.6 is 11.8 Å². The first kappa shape index (κ1) is 19.4. The molecule has 0 fully saturated rings. The van der Waals surface area contributed by atoms with Crippen molar-refractivity contribution in [2.75, 3.05) is 25.9 Å². The van der Waals surface area contributed by atoms with Crippen LogP contribution in [0.25, 0.3) is 5.69 Å². The molecule has 6 heteroatoms. The van der Waals surface area contributed by atoms with E-state index in [1.54, 1.807) is 0 Å². The molecule has 5 nitrogen and oxygen atoms in total. The fourth-order valence-corrected chi connectivity index (χ4v) is 2.41. The second-order valence-corrected chi connectivity index (χ2v) is 7.98. The minimum atomic E-state index is 0.152. The van der Waals surface area contributed by atoms with Crippen molar-refractivity contribution in [1.82, 2.24) is 20.4 Å². The Labute approximate surface area is 155 Å². The van der Waals surface area contributed by atoms with Gasteiger partial charge in [-0.15, -0.1) is 0 Å². The number of hydrogen-bond donors (Lipinski definition) is 2. The molecule has 0 aliphatic rings. The van der Waals surface area contributed by atoms with E-state index in [4.69, 9.17) is 4.99 Å². The van der Waals surface area contributed by atoms with Crippen LogP contribution in [-0.4, -0.2) is 46.4 Å². The molecule has 1 heterocycles. The highest BCUT2D eigenvalue weighted by Gasteiger charge is 2.15. The molecule has 1 aromatic heterocycles. The second kappa shape index (κ2) is 9.51. The third kappa shape index (κ3) is 6.46. The summed E-state index contributed by atoms with van der Waals surface area (Å²) in [5.41, 5.74) is 2.28. The number of rotatable bonds is 8. The number of hydrogen-bond acceptors (Lipinski definition) is 3. The lowest BCUT2D eigenvalue weighted by molar-refractivity contribution is 0.710. The number of aliphatic imine (C=N–C) groups is 1. The first-order valence-corrected chi connectivity index (χ1v) is 9.93. The highest BCUT2D eigenvalue weighted by molar-refractivity contribution is 7.99. The Balaban J connectivity index is 1.87. The topological polar surface area (TPSA) is 54.2 Å². The summed E-state index contributed by atoms with van der Waals surface area (Å²) in [6, 6.07) is 10.2. The molecule has 0 spiro atoms. The predicted molar refractivity (Wildman–Crippen MR) is 109 cm³/mol. The van der Waals surface area contributed by atoms with E-state index in [0.717, 1.165) is 37.7 Å². The lowest BCUT2D eigenvalue weighted by atomic mass is 10.2. The van der Waals surface area contributed by atoms with Crippen LogP contribution in [0, 0.1) is 0 Å². The summed E-state index contributed by atoms with van der Waals surface area (Å²) in [7, 11) is 0. The van der Waals surface area contributed by atoms with Gasteiger partial charge in [0.25, 0.3) is 0 Å². The van der Waals surface area contributed by atoms with Gasteiger partial charge in [0.15, 0.2) is 5.96 Å². The number of nitrogens with one attached hydrogen (secondary N) is 2. The Morgan fingerprint density at radius 2 is 2.00 bits per heavy atom. The van der Waals surface area contributed by atoms with Gasteiger partial charge in [-0.25, -0.2) is 4.68 Å². The first-order chi connectivity index (χ1) is 12.0. The van der Waals surface area contributed by atoms with E-state index in [1.165, 1.54) is 5.56 Å². The Kier molecular flexibility index (Phi) is 7.37. The summed E-state index contributed by atoms with van der Waals surface area (Å²) in [6.07, 6.45) is 7.04. The Bertz CT molecular complexity index is 663. The zero-order valence-corrected chi connectivity index (χ0v) is 16.4. The molecule has 0 bridgehead atoms. The van der Waals surface area contributed by atoms with E-state index in [-0.39, 0.29) is 4.75 Å². The summed E-state index contributed by atoms with van der Waals surface area (Å²) in [4.78, 5) is 4.69. The van der Waals surface area contributed by atoms with Crippen LogP contribution in [0.2, 0.25) is 0 Å². The monoisotopic (exact) mass is 359 g/mol. The van der Waals surface area contributed by atoms with Crippen molar-refractivity contribution in [3.63, 3.8) is 0 Å². The van der Waals surface area contributed by atoms with Crippen molar-refractivity contribution in [2.24, 2.45) is 4.99 Å². The lowest BCUT2D eigenvalue weighted by Crippen LogP contribution is -2.39. The molecule has 25 heavy (non-hydrogen) atoms. The van der Waals surface area contributed by atoms with Gasteiger partial charge in [-0.2, -0.15) is 16.9 Å². The van der Waals surface area contributed by atoms with Gasteiger partial charge in [0.05, 0.1) is 18.4 Å². The maximum absolute atomic E-state index is 4.69. The summed E-state index contributed by atoms with van der Waals surface area (Å²) < 4.78 is 2.06. The summed E-state index contributed by atoms with van der Waals surface area (Å²) in [6.45, 7) is 8.98. The van der Waals surface area contributed by atoms with Crippen molar-refractivity contribution in [2.45, 2.75) is 31.9 Å². The molecular weight excluding hydrogens is 330 g/mol. The van der Waals surface area contributed by atoms with Gasteiger partial charge in [0.2, 0.25) is 0 Å². The van der Waals surface area contributed by atoms with Crippen molar-refractivity contribution in [3.8, 4) is 5.69 Å². The summed E-state index contributed by atoms with van der Waals surface area (Å²) >= 11 is 1.83. The van der Waals surface area contributed by atoms with Crippen LogP contribution in [0.1, 0.15) is 26.3 Å². The van der Waals surface area contributed by atoms with Crippen molar-refractivity contribution < 1.29 is 0 Å². The maximum Gasteiger partial charge on any atom is 0.191 e. The zero-order valence-electron chi connectivity index (χ0n) is 15.6. The molecule has 2 rings (SSSR count). The predicted octanol–water partition coefficient (Wildman–Crippen LogP) is 3.11. The molecule has 136 valence electrons. The van der Waals surface area contributed by atoms with Gasteiger partial charge >= 0.3 is 0 Å². The third-order valence-corrected chi connectivity index (χ3v) is 5.11. The van der Waals surface area contributed by atoms with Crippen molar-refractivity contribution >= 4 is 17.7 Å². The molecule has 0 saturated heterocycles. The van der Waals surface area contributed by atoms with Gasteiger partial charge < -0.3 is 10.6 Å². The van der Waals surface area contributed by atoms with Gasteiger partial charge in [-0.05, 0) is 51.1 Å². The molecule has 1 aromatic carbocycles. The molecule has 0 amide bonds. The van der Waals surface area contributed by atoms with Crippen LogP contribution in [0.15, 0.2) is 47.7 Å². The maximum atomic E-state index is 4.69. The van der Waals surface area contributed by atoms with Crippen LogP contribution < -0.4 is 10.6 Å². The van der Waals surface area contributed by atoms with E-state index in [9.17, 15) is 0 Å². The Morgan fingerprint density at radius 1 is 1.24 bits per heavy atom. The Morgan fingerprint density at radius 3 is 2.68 bits per heavy atom. The zero-order chi connectivity index (χ0) is 18.1. The van der Waals surface area contributed by atoms with E-state index >= 15 is 0 Å². The average molecular weight is 360 g/mol. The minimum absolute atomic E-state index is 0.152.